The molecule has 0 saturated carbocycles. The van der Waals surface area contributed by atoms with E-state index in [1.807, 2.05) is 51.1 Å². The molecule has 1 N–H and O–H groups in total. The minimum absolute atomic E-state index is 0.0352. The Hall–Kier alpha value is -4.05. The molecule has 0 spiro atoms. The SMILES string of the molecule is CCCNC(=O)[C@@H](CC)N(Cc1ccccc1)C(=O)CN(c1ccc(OC)c(OC)c1)S(=O)(=O)c1ccc(C)cc1. The molecule has 0 aliphatic carbocycles. The standard InChI is InChI=1S/C31H39N3O6S/c1-6-19-32-31(36)27(7-2)33(21-24-11-9-8-10-12-24)30(35)22-34(25-15-18-28(39-4)29(20-25)40-5)41(37,38)26-16-13-23(3)14-17-26/h8-18,20,27H,6-7,19,21-22H2,1-5H3,(H,32,36)/t27-/m1/s1. The molecule has 0 bridgehead atoms. The van der Waals surface area contributed by atoms with Gasteiger partial charge in [0.2, 0.25) is 11.8 Å². The van der Waals surface area contributed by atoms with Crippen LogP contribution in [0.3, 0.4) is 0 Å². The molecule has 41 heavy (non-hydrogen) atoms. The number of aryl methyl sites for hydroxylation is 1. The molecule has 2 amide bonds. The molecule has 220 valence electrons. The summed E-state index contributed by atoms with van der Waals surface area (Å²) >= 11 is 0. The number of nitrogens with one attached hydrogen (secondary N) is 1. The van der Waals surface area contributed by atoms with Crippen LogP contribution in [0.2, 0.25) is 0 Å². The third kappa shape index (κ3) is 7.79. The van der Waals surface area contributed by atoms with Gasteiger partial charge in [-0.05, 0) is 49.6 Å². The summed E-state index contributed by atoms with van der Waals surface area (Å²) in [4.78, 5) is 28.8. The van der Waals surface area contributed by atoms with Gasteiger partial charge in [0.05, 0.1) is 24.8 Å². The maximum Gasteiger partial charge on any atom is 0.264 e. The second-order valence-electron chi connectivity index (χ2n) is 9.59. The molecule has 0 heterocycles. The van der Waals surface area contributed by atoms with Gasteiger partial charge >= 0.3 is 0 Å². The van der Waals surface area contributed by atoms with Crippen LogP contribution in [-0.4, -0.2) is 58.5 Å². The van der Waals surface area contributed by atoms with Crippen LogP contribution in [-0.2, 0) is 26.2 Å². The van der Waals surface area contributed by atoms with E-state index >= 15 is 0 Å². The Balaban J connectivity index is 2.10. The molecule has 10 heteroatoms. The largest absolute Gasteiger partial charge is 0.493 e. The highest BCUT2D eigenvalue weighted by molar-refractivity contribution is 7.92. The first-order valence-electron chi connectivity index (χ1n) is 13.6. The monoisotopic (exact) mass is 581 g/mol. The lowest BCUT2D eigenvalue weighted by molar-refractivity contribution is -0.140. The number of carbonyl (C=O) groups is 2. The number of nitrogens with zero attached hydrogens (tertiary/aromatic N) is 2. The van der Waals surface area contributed by atoms with Crippen LogP contribution in [0.1, 0.15) is 37.8 Å². The van der Waals surface area contributed by atoms with Crippen molar-refractivity contribution in [2.75, 3.05) is 31.6 Å². The highest BCUT2D eigenvalue weighted by Gasteiger charge is 2.34. The predicted octanol–water partition coefficient (Wildman–Crippen LogP) is 4.54. The molecule has 1 atom stereocenters. The van der Waals surface area contributed by atoms with Crippen molar-refractivity contribution in [3.63, 3.8) is 0 Å². The van der Waals surface area contributed by atoms with E-state index in [1.165, 1.54) is 37.3 Å². The molecule has 0 aliphatic rings. The van der Waals surface area contributed by atoms with Crippen LogP contribution in [0.15, 0.2) is 77.7 Å². The van der Waals surface area contributed by atoms with Crippen molar-refractivity contribution in [1.29, 1.82) is 0 Å². The summed E-state index contributed by atoms with van der Waals surface area (Å²) < 4.78 is 39.9. The summed E-state index contributed by atoms with van der Waals surface area (Å²) in [6.07, 6.45) is 1.10. The molecule has 9 nitrogen and oxygen atoms in total. The van der Waals surface area contributed by atoms with E-state index in [4.69, 9.17) is 9.47 Å². The number of ether oxygens (including phenoxy) is 2. The zero-order chi connectivity index (χ0) is 30.0. The number of amides is 2. The molecular formula is C31H39N3O6S. The van der Waals surface area contributed by atoms with Crippen LogP contribution in [0.5, 0.6) is 11.5 Å². The van der Waals surface area contributed by atoms with E-state index in [1.54, 1.807) is 24.3 Å². The average molecular weight is 582 g/mol. The van der Waals surface area contributed by atoms with Crippen LogP contribution in [0.25, 0.3) is 0 Å². The first-order valence-corrected chi connectivity index (χ1v) is 15.0. The van der Waals surface area contributed by atoms with Gasteiger partial charge in [-0.15, -0.1) is 0 Å². The van der Waals surface area contributed by atoms with Crippen molar-refractivity contribution in [1.82, 2.24) is 10.2 Å². The first kappa shape index (κ1) is 31.5. The molecule has 0 aromatic heterocycles. The van der Waals surface area contributed by atoms with Crippen molar-refractivity contribution in [3.05, 3.63) is 83.9 Å². The Morgan fingerprint density at radius 1 is 0.902 bits per heavy atom. The Kier molecular flexibility index (Phi) is 11.2. The summed E-state index contributed by atoms with van der Waals surface area (Å²) in [6, 6.07) is 19.6. The molecule has 0 aliphatic heterocycles. The van der Waals surface area contributed by atoms with Gasteiger partial charge < -0.3 is 19.7 Å². The fourth-order valence-electron chi connectivity index (χ4n) is 4.41. The number of benzene rings is 3. The van der Waals surface area contributed by atoms with Crippen LogP contribution in [0, 0.1) is 6.92 Å². The zero-order valence-electron chi connectivity index (χ0n) is 24.3. The summed E-state index contributed by atoms with van der Waals surface area (Å²) in [5.41, 5.74) is 1.94. The normalized spacial score (nSPS) is 11.8. The molecule has 3 aromatic carbocycles. The summed E-state index contributed by atoms with van der Waals surface area (Å²) in [5, 5.41) is 2.88. The Bertz CT molecular complexity index is 1410. The van der Waals surface area contributed by atoms with Crippen LogP contribution in [0.4, 0.5) is 5.69 Å². The Morgan fingerprint density at radius 2 is 1.56 bits per heavy atom. The van der Waals surface area contributed by atoms with E-state index in [9.17, 15) is 18.0 Å². The minimum atomic E-state index is -4.19. The number of rotatable bonds is 14. The van der Waals surface area contributed by atoms with Gasteiger partial charge in [0, 0.05) is 19.2 Å². The van der Waals surface area contributed by atoms with Gasteiger partial charge in [-0.2, -0.15) is 0 Å². The number of hydrogen-bond donors (Lipinski definition) is 1. The molecule has 0 fully saturated rings. The van der Waals surface area contributed by atoms with E-state index in [0.717, 1.165) is 21.9 Å². The van der Waals surface area contributed by atoms with Gasteiger partial charge in [0.15, 0.2) is 11.5 Å². The minimum Gasteiger partial charge on any atom is -0.493 e. The van der Waals surface area contributed by atoms with Crippen molar-refractivity contribution < 1.29 is 27.5 Å². The van der Waals surface area contributed by atoms with Crippen LogP contribution < -0.4 is 19.1 Å². The Morgan fingerprint density at radius 3 is 2.15 bits per heavy atom. The number of carbonyl (C=O) groups excluding carboxylic acids is 2. The highest BCUT2D eigenvalue weighted by Crippen LogP contribution is 2.34. The number of hydrogen-bond acceptors (Lipinski definition) is 6. The van der Waals surface area contributed by atoms with Crippen molar-refractivity contribution in [3.8, 4) is 11.5 Å². The van der Waals surface area contributed by atoms with Crippen molar-refractivity contribution in [2.24, 2.45) is 0 Å². The van der Waals surface area contributed by atoms with Gasteiger partial charge in [-0.1, -0.05) is 61.9 Å². The molecule has 3 aromatic rings. The maximum atomic E-state index is 14.1. The highest BCUT2D eigenvalue weighted by atomic mass is 32.2. The zero-order valence-corrected chi connectivity index (χ0v) is 25.1. The lowest BCUT2D eigenvalue weighted by atomic mass is 10.1. The third-order valence-electron chi connectivity index (χ3n) is 6.67. The number of methoxy groups -OCH3 is 2. The summed E-state index contributed by atoms with van der Waals surface area (Å²) in [6.45, 7) is 5.73. The van der Waals surface area contributed by atoms with Gasteiger partial charge in [-0.3, -0.25) is 13.9 Å². The molecule has 0 unspecified atom stereocenters. The van der Waals surface area contributed by atoms with E-state index in [0.29, 0.717) is 24.5 Å². The second-order valence-corrected chi connectivity index (χ2v) is 11.4. The topological polar surface area (TPSA) is 105 Å². The molecule has 0 saturated heterocycles. The van der Waals surface area contributed by atoms with Crippen LogP contribution >= 0.6 is 0 Å². The fourth-order valence-corrected chi connectivity index (χ4v) is 5.82. The van der Waals surface area contributed by atoms with Crippen molar-refractivity contribution >= 4 is 27.5 Å². The quantitative estimate of drug-likeness (QED) is 0.300. The summed E-state index contributed by atoms with van der Waals surface area (Å²) in [7, 11) is -1.26. The molecular weight excluding hydrogens is 542 g/mol. The number of anilines is 1. The summed E-state index contributed by atoms with van der Waals surface area (Å²) in [5.74, 6) is -0.0665. The first-order chi connectivity index (χ1) is 19.7. The Labute approximate surface area is 243 Å². The fraction of sp³-hybridized carbons (Fsp3) is 0.355. The second kappa shape index (κ2) is 14.5. The lowest BCUT2D eigenvalue weighted by Gasteiger charge is -2.33. The smallest absolute Gasteiger partial charge is 0.264 e. The molecule has 3 rings (SSSR count). The molecule has 0 radical (unpaired) electrons. The lowest BCUT2D eigenvalue weighted by Crippen LogP contribution is -2.52. The van der Waals surface area contributed by atoms with E-state index in [-0.39, 0.29) is 23.0 Å². The van der Waals surface area contributed by atoms with Gasteiger partial charge in [0.25, 0.3) is 10.0 Å². The average Bonchev–Trinajstić information content (AvgIpc) is 2.98. The predicted molar refractivity (Wildman–Crippen MR) is 160 cm³/mol. The van der Waals surface area contributed by atoms with Gasteiger partial charge in [0.1, 0.15) is 12.6 Å². The third-order valence-corrected chi connectivity index (χ3v) is 8.46. The van der Waals surface area contributed by atoms with Gasteiger partial charge in [-0.25, -0.2) is 8.42 Å². The maximum absolute atomic E-state index is 14.1. The van der Waals surface area contributed by atoms with Crippen molar-refractivity contribution in [2.45, 2.75) is 51.1 Å². The number of sulfonamides is 1. The van der Waals surface area contributed by atoms with E-state index in [2.05, 4.69) is 5.32 Å². The van der Waals surface area contributed by atoms with E-state index < -0.39 is 28.5 Å².